The van der Waals surface area contributed by atoms with Gasteiger partial charge in [0.05, 0.1) is 5.76 Å². The molecule has 0 radical (unpaired) electrons. The van der Waals surface area contributed by atoms with Crippen molar-refractivity contribution in [3.8, 4) is 0 Å². The highest BCUT2D eigenvalue weighted by Gasteiger charge is 2.54. The molecule has 0 aromatic rings. The van der Waals surface area contributed by atoms with Crippen LogP contribution in [-0.4, -0.2) is 5.11 Å². The second kappa shape index (κ2) is 2.88. The first-order valence-corrected chi connectivity index (χ1v) is 4.55. The van der Waals surface area contributed by atoms with E-state index in [1.165, 1.54) is 6.42 Å². The normalized spacial score (nSPS) is 35.3. The summed E-state index contributed by atoms with van der Waals surface area (Å²) < 4.78 is 0. The summed E-state index contributed by atoms with van der Waals surface area (Å²) >= 11 is 0. The Kier molecular flexibility index (Phi) is 2.26. The van der Waals surface area contributed by atoms with E-state index in [2.05, 4.69) is 20.4 Å². The van der Waals surface area contributed by atoms with Crippen molar-refractivity contribution < 1.29 is 5.11 Å². The number of aliphatic hydroxyl groups excluding tert-OH is 1. The first-order valence-electron chi connectivity index (χ1n) is 4.55. The molecule has 1 aliphatic rings. The van der Waals surface area contributed by atoms with Gasteiger partial charge in [0.2, 0.25) is 0 Å². The predicted octanol–water partition coefficient (Wildman–Crippen LogP) is 3.27. The van der Waals surface area contributed by atoms with Crippen LogP contribution in [0.3, 0.4) is 0 Å². The standard InChI is InChI=1S/C10H18O/c1-4-6-10(8(3)11)7-9(10)5-2/h9,11H,3-7H2,1-2H3. The fourth-order valence-corrected chi connectivity index (χ4v) is 2.17. The number of aliphatic hydroxyl groups is 1. The van der Waals surface area contributed by atoms with E-state index in [0.29, 0.717) is 11.7 Å². The Morgan fingerprint density at radius 2 is 2.27 bits per heavy atom. The lowest BCUT2D eigenvalue weighted by Crippen LogP contribution is -2.06. The Labute approximate surface area is 69.1 Å². The lowest BCUT2D eigenvalue weighted by molar-refractivity contribution is 0.286. The maximum atomic E-state index is 9.38. The molecule has 1 aliphatic carbocycles. The van der Waals surface area contributed by atoms with Gasteiger partial charge in [-0.3, -0.25) is 0 Å². The molecule has 0 aromatic carbocycles. The fourth-order valence-electron chi connectivity index (χ4n) is 2.17. The first-order chi connectivity index (χ1) is 5.17. The maximum Gasteiger partial charge on any atom is 0.0915 e. The van der Waals surface area contributed by atoms with Crippen molar-refractivity contribution in [1.29, 1.82) is 0 Å². The van der Waals surface area contributed by atoms with Crippen LogP contribution in [0, 0.1) is 11.3 Å². The quantitative estimate of drug-likeness (QED) is 0.616. The summed E-state index contributed by atoms with van der Waals surface area (Å²) in [6.07, 6.45) is 4.60. The first kappa shape index (κ1) is 8.63. The molecule has 0 amide bonds. The third kappa shape index (κ3) is 1.29. The summed E-state index contributed by atoms with van der Waals surface area (Å²) in [5.74, 6) is 1.13. The second-order valence-corrected chi connectivity index (χ2v) is 3.66. The van der Waals surface area contributed by atoms with Crippen LogP contribution >= 0.6 is 0 Å². The minimum Gasteiger partial charge on any atom is -0.512 e. The molecule has 0 spiro atoms. The lowest BCUT2D eigenvalue weighted by atomic mass is 9.95. The third-order valence-corrected chi connectivity index (χ3v) is 3.00. The van der Waals surface area contributed by atoms with Gasteiger partial charge in [-0.2, -0.15) is 0 Å². The van der Waals surface area contributed by atoms with Crippen molar-refractivity contribution >= 4 is 0 Å². The van der Waals surface area contributed by atoms with E-state index in [1.54, 1.807) is 0 Å². The number of allylic oxidation sites excluding steroid dienone is 1. The van der Waals surface area contributed by atoms with Gasteiger partial charge < -0.3 is 5.11 Å². The molecule has 0 bridgehead atoms. The molecule has 2 unspecified atom stereocenters. The summed E-state index contributed by atoms with van der Waals surface area (Å²) in [6.45, 7) is 8.01. The van der Waals surface area contributed by atoms with E-state index in [0.717, 1.165) is 19.3 Å². The Morgan fingerprint density at radius 1 is 1.64 bits per heavy atom. The maximum absolute atomic E-state index is 9.38. The van der Waals surface area contributed by atoms with E-state index >= 15 is 0 Å². The van der Waals surface area contributed by atoms with Gasteiger partial charge >= 0.3 is 0 Å². The Balaban J connectivity index is 2.55. The van der Waals surface area contributed by atoms with Crippen molar-refractivity contribution in [3.63, 3.8) is 0 Å². The highest BCUT2D eigenvalue weighted by Crippen LogP contribution is 2.61. The zero-order valence-corrected chi connectivity index (χ0v) is 7.56. The topological polar surface area (TPSA) is 20.2 Å². The molecule has 2 atom stereocenters. The molecule has 1 heteroatoms. The van der Waals surface area contributed by atoms with Crippen LogP contribution in [0.25, 0.3) is 0 Å². The molecule has 0 heterocycles. The molecule has 64 valence electrons. The molecular weight excluding hydrogens is 136 g/mol. The zero-order valence-electron chi connectivity index (χ0n) is 7.56. The van der Waals surface area contributed by atoms with Crippen LogP contribution in [-0.2, 0) is 0 Å². The summed E-state index contributed by atoms with van der Waals surface area (Å²) in [5, 5.41) is 9.38. The minimum absolute atomic E-state index is 0.128. The van der Waals surface area contributed by atoms with Crippen LogP contribution in [0.15, 0.2) is 12.3 Å². The smallest absolute Gasteiger partial charge is 0.0915 e. The predicted molar refractivity (Wildman–Crippen MR) is 47.5 cm³/mol. The van der Waals surface area contributed by atoms with Gasteiger partial charge in [-0.05, 0) is 18.8 Å². The van der Waals surface area contributed by atoms with E-state index < -0.39 is 0 Å². The fraction of sp³-hybridized carbons (Fsp3) is 0.800. The van der Waals surface area contributed by atoms with Crippen molar-refractivity contribution in [2.45, 2.75) is 39.5 Å². The van der Waals surface area contributed by atoms with Gasteiger partial charge in [-0.1, -0.05) is 33.3 Å². The van der Waals surface area contributed by atoms with Gasteiger partial charge in [0.15, 0.2) is 0 Å². The van der Waals surface area contributed by atoms with Crippen molar-refractivity contribution in [2.75, 3.05) is 0 Å². The SMILES string of the molecule is C=C(O)C1(CCC)CC1CC. The third-order valence-electron chi connectivity index (χ3n) is 3.00. The molecule has 1 fully saturated rings. The van der Waals surface area contributed by atoms with E-state index in [4.69, 9.17) is 0 Å². The zero-order chi connectivity index (χ0) is 8.48. The van der Waals surface area contributed by atoms with Crippen LogP contribution in [0.2, 0.25) is 0 Å². The summed E-state index contributed by atoms with van der Waals surface area (Å²) in [5.41, 5.74) is 0.128. The Hall–Kier alpha value is -0.460. The van der Waals surface area contributed by atoms with Gasteiger partial charge in [0.1, 0.15) is 0 Å². The van der Waals surface area contributed by atoms with Crippen molar-refractivity contribution in [3.05, 3.63) is 12.3 Å². The van der Waals surface area contributed by atoms with Crippen LogP contribution in [0.1, 0.15) is 39.5 Å². The molecule has 1 nitrogen and oxygen atoms in total. The molecule has 0 aliphatic heterocycles. The molecule has 11 heavy (non-hydrogen) atoms. The molecule has 0 saturated heterocycles. The Bertz CT molecular complexity index is 162. The average molecular weight is 154 g/mol. The van der Waals surface area contributed by atoms with Crippen molar-refractivity contribution in [2.24, 2.45) is 11.3 Å². The number of rotatable bonds is 4. The largest absolute Gasteiger partial charge is 0.512 e. The molecule has 0 aromatic heterocycles. The van der Waals surface area contributed by atoms with Gasteiger partial charge in [0.25, 0.3) is 0 Å². The van der Waals surface area contributed by atoms with Crippen LogP contribution < -0.4 is 0 Å². The molecule has 1 rings (SSSR count). The van der Waals surface area contributed by atoms with E-state index in [9.17, 15) is 5.11 Å². The highest BCUT2D eigenvalue weighted by molar-refractivity contribution is 5.16. The average Bonchev–Trinajstić information content (AvgIpc) is 2.65. The number of hydrogen-bond acceptors (Lipinski definition) is 1. The monoisotopic (exact) mass is 154 g/mol. The minimum atomic E-state index is 0.128. The summed E-state index contributed by atoms with van der Waals surface area (Å²) in [7, 11) is 0. The van der Waals surface area contributed by atoms with E-state index in [-0.39, 0.29) is 5.41 Å². The molecular formula is C10H18O. The highest BCUT2D eigenvalue weighted by atomic mass is 16.3. The van der Waals surface area contributed by atoms with Gasteiger partial charge in [0, 0.05) is 5.41 Å². The van der Waals surface area contributed by atoms with Crippen molar-refractivity contribution in [1.82, 2.24) is 0 Å². The van der Waals surface area contributed by atoms with Gasteiger partial charge in [-0.25, -0.2) is 0 Å². The summed E-state index contributed by atoms with van der Waals surface area (Å²) in [4.78, 5) is 0. The van der Waals surface area contributed by atoms with Crippen LogP contribution in [0.4, 0.5) is 0 Å². The Morgan fingerprint density at radius 3 is 2.55 bits per heavy atom. The molecule has 1 saturated carbocycles. The van der Waals surface area contributed by atoms with E-state index in [1.807, 2.05) is 0 Å². The van der Waals surface area contributed by atoms with Gasteiger partial charge in [-0.15, -0.1) is 0 Å². The summed E-state index contributed by atoms with van der Waals surface area (Å²) in [6, 6.07) is 0. The lowest BCUT2D eigenvalue weighted by Gasteiger charge is -2.13. The number of hydrogen-bond donors (Lipinski definition) is 1. The van der Waals surface area contributed by atoms with Crippen LogP contribution in [0.5, 0.6) is 0 Å². The second-order valence-electron chi connectivity index (χ2n) is 3.66. The molecule has 1 N–H and O–H groups in total.